The minimum atomic E-state index is 0.288. The summed E-state index contributed by atoms with van der Waals surface area (Å²) in [6.07, 6.45) is 1.32. The monoisotopic (exact) mass is 186 g/mol. The lowest BCUT2D eigenvalue weighted by atomic mass is 10.1. The van der Waals surface area contributed by atoms with Gasteiger partial charge in [0.1, 0.15) is 0 Å². The number of likely N-dealkylation sites (tertiary alicyclic amines) is 1. The van der Waals surface area contributed by atoms with E-state index in [2.05, 4.69) is 23.8 Å². The van der Waals surface area contributed by atoms with E-state index in [4.69, 9.17) is 5.11 Å². The van der Waals surface area contributed by atoms with Gasteiger partial charge < -0.3 is 14.9 Å². The summed E-state index contributed by atoms with van der Waals surface area (Å²) < 4.78 is 0. The zero-order chi connectivity index (χ0) is 9.68. The molecular formula is C10H22N2O. The van der Waals surface area contributed by atoms with Gasteiger partial charge in [-0.15, -0.1) is 0 Å². The van der Waals surface area contributed by atoms with Crippen molar-refractivity contribution in [3.05, 3.63) is 0 Å². The average molecular weight is 186 g/mol. The summed E-state index contributed by atoms with van der Waals surface area (Å²) in [6, 6.07) is 0. The van der Waals surface area contributed by atoms with E-state index in [-0.39, 0.29) is 6.61 Å². The van der Waals surface area contributed by atoms with E-state index >= 15 is 0 Å². The molecule has 3 heteroatoms. The smallest absolute Gasteiger partial charge is 0.0558 e. The molecule has 0 aromatic rings. The Morgan fingerprint density at radius 1 is 1.54 bits per heavy atom. The number of aliphatic hydroxyl groups excluding tert-OH is 1. The molecule has 3 nitrogen and oxygen atoms in total. The van der Waals surface area contributed by atoms with Gasteiger partial charge in [-0.25, -0.2) is 0 Å². The fourth-order valence-electron chi connectivity index (χ4n) is 2.06. The van der Waals surface area contributed by atoms with Crippen molar-refractivity contribution in [3.8, 4) is 0 Å². The molecular weight excluding hydrogens is 164 g/mol. The number of aliphatic hydroxyl groups is 1. The second-order valence-electron chi connectivity index (χ2n) is 4.03. The van der Waals surface area contributed by atoms with E-state index in [1.165, 1.54) is 19.5 Å². The van der Waals surface area contributed by atoms with Crippen molar-refractivity contribution in [3.63, 3.8) is 0 Å². The van der Waals surface area contributed by atoms with Crippen LogP contribution in [0.4, 0.5) is 0 Å². The van der Waals surface area contributed by atoms with Gasteiger partial charge in [0.05, 0.1) is 6.61 Å². The van der Waals surface area contributed by atoms with Crippen molar-refractivity contribution >= 4 is 0 Å². The molecule has 1 saturated heterocycles. The largest absolute Gasteiger partial charge is 0.395 e. The van der Waals surface area contributed by atoms with Crippen molar-refractivity contribution < 1.29 is 5.11 Å². The number of nitrogens with zero attached hydrogens (tertiary/aromatic N) is 2. The second-order valence-corrected chi connectivity index (χ2v) is 4.03. The predicted molar refractivity (Wildman–Crippen MR) is 54.8 cm³/mol. The highest BCUT2D eigenvalue weighted by Gasteiger charge is 2.20. The third-order valence-electron chi connectivity index (χ3n) is 2.87. The van der Waals surface area contributed by atoms with Crippen molar-refractivity contribution in [1.29, 1.82) is 0 Å². The zero-order valence-electron chi connectivity index (χ0n) is 8.87. The average Bonchev–Trinajstić information content (AvgIpc) is 2.50. The quantitative estimate of drug-likeness (QED) is 0.667. The molecule has 1 fully saturated rings. The molecule has 0 spiro atoms. The highest BCUT2D eigenvalue weighted by atomic mass is 16.3. The van der Waals surface area contributed by atoms with Crippen LogP contribution in [0.15, 0.2) is 0 Å². The van der Waals surface area contributed by atoms with Crippen LogP contribution >= 0.6 is 0 Å². The van der Waals surface area contributed by atoms with Gasteiger partial charge >= 0.3 is 0 Å². The molecule has 78 valence electrons. The molecule has 1 aliphatic rings. The first-order valence-corrected chi connectivity index (χ1v) is 5.28. The summed E-state index contributed by atoms with van der Waals surface area (Å²) >= 11 is 0. The summed E-state index contributed by atoms with van der Waals surface area (Å²) in [5.74, 6) is 0.816. The Labute approximate surface area is 81.3 Å². The van der Waals surface area contributed by atoms with E-state index in [0.717, 1.165) is 25.6 Å². The van der Waals surface area contributed by atoms with Crippen LogP contribution in [0.1, 0.15) is 13.3 Å². The van der Waals surface area contributed by atoms with Crippen LogP contribution in [0.2, 0.25) is 0 Å². The van der Waals surface area contributed by atoms with Gasteiger partial charge in [0.2, 0.25) is 0 Å². The van der Waals surface area contributed by atoms with Gasteiger partial charge in [0, 0.05) is 19.6 Å². The van der Waals surface area contributed by atoms with Gasteiger partial charge in [-0.3, -0.25) is 0 Å². The SMILES string of the molecule is CCN(CCO)CC1CCN(C)C1. The number of hydrogen-bond donors (Lipinski definition) is 1. The fourth-order valence-corrected chi connectivity index (χ4v) is 2.06. The Kier molecular flexibility index (Phi) is 4.70. The third kappa shape index (κ3) is 3.63. The molecule has 0 radical (unpaired) electrons. The maximum atomic E-state index is 8.84. The number of rotatable bonds is 5. The first-order valence-electron chi connectivity index (χ1n) is 5.28. The molecule has 0 aromatic carbocycles. The van der Waals surface area contributed by atoms with Crippen molar-refractivity contribution in [1.82, 2.24) is 9.80 Å². The van der Waals surface area contributed by atoms with Crippen molar-refractivity contribution in [2.24, 2.45) is 5.92 Å². The Morgan fingerprint density at radius 2 is 2.31 bits per heavy atom. The summed E-state index contributed by atoms with van der Waals surface area (Å²) in [5.41, 5.74) is 0. The highest BCUT2D eigenvalue weighted by molar-refractivity contribution is 4.75. The van der Waals surface area contributed by atoms with Gasteiger partial charge in [0.25, 0.3) is 0 Å². The van der Waals surface area contributed by atoms with E-state index in [1.54, 1.807) is 0 Å². The lowest BCUT2D eigenvalue weighted by molar-refractivity contribution is 0.182. The van der Waals surface area contributed by atoms with Gasteiger partial charge in [-0.1, -0.05) is 6.92 Å². The Hall–Kier alpha value is -0.120. The molecule has 1 N–H and O–H groups in total. The summed E-state index contributed by atoms with van der Waals surface area (Å²) in [5, 5.41) is 8.84. The second kappa shape index (κ2) is 5.58. The molecule has 1 aliphatic heterocycles. The lowest BCUT2D eigenvalue weighted by Gasteiger charge is -2.22. The summed E-state index contributed by atoms with van der Waals surface area (Å²) in [4.78, 5) is 4.72. The van der Waals surface area contributed by atoms with E-state index < -0.39 is 0 Å². The van der Waals surface area contributed by atoms with Gasteiger partial charge in [-0.2, -0.15) is 0 Å². The van der Waals surface area contributed by atoms with Gasteiger partial charge in [0.15, 0.2) is 0 Å². The summed E-state index contributed by atoms with van der Waals surface area (Å²) in [7, 11) is 2.18. The third-order valence-corrected chi connectivity index (χ3v) is 2.87. The molecule has 1 rings (SSSR count). The first-order chi connectivity index (χ1) is 6.26. The molecule has 1 atom stereocenters. The van der Waals surface area contributed by atoms with Crippen LogP contribution in [-0.2, 0) is 0 Å². The van der Waals surface area contributed by atoms with E-state index in [1.807, 2.05) is 0 Å². The minimum absolute atomic E-state index is 0.288. The van der Waals surface area contributed by atoms with Crippen LogP contribution in [0.3, 0.4) is 0 Å². The Bertz CT molecular complexity index is 139. The van der Waals surface area contributed by atoms with Crippen LogP contribution in [0.5, 0.6) is 0 Å². The van der Waals surface area contributed by atoms with E-state index in [9.17, 15) is 0 Å². The van der Waals surface area contributed by atoms with Crippen LogP contribution < -0.4 is 0 Å². The number of likely N-dealkylation sites (N-methyl/N-ethyl adjacent to an activating group) is 1. The van der Waals surface area contributed by atoms with Crippen LogP contribution in [-0.4, -0.2) is 61.3 Å². The molecule has 13 heavy (non-hydrogen) atoms. The van der Waals surface area contributed by atoms with Gasteiger partial charge in [-0.05, 0) is 32.5 Å². The lowest BCUT2D eigenvalue weighted by Crippen LogP contribution is -2.32. The van der Waals surface area contributed by atoms with Crippen molar-refractivity contribution in [2.45, 2.75) is 13.3 Å². The van der Waals surface area contributed by atoms with Crippen LogP contribution in [0, 0.1) is 5.92 Å². The summed E-state index contributed by atoms with van der Waals surface area (Å²) in [6.45, 7) is 7.95. The maximum absolute atomic E-state index is 8.84. The first kappa shape index (κ1) is 11.0. The van der Waals surface area contributed by atoms with Crippen LogP contribution in [0.25, 0.3) is 0 Å². The molecule has 0 saturated carbocycles. The standard InChI is InChI=1S/C10H22N2O/c1-3-12(6-7-13)9-10-4-5-11(2)8-10/h10,13H,3-9H2,1-2H3. The maximum Gasteiger partial charge on any atom is 0.0558 e. The topological polar surface area (TPSA) is 26.7 Å². The molecule has 0 aliphatic carbocycles. The normalized spacial score (nSPS) is 24.5. The molecule has 0 aromatic heterocycles. The van der Waals surface area contributed by atoms with Crippen molar-refractivity contribution in [2.75, 3.05) is 46.4 Å². The molecule has 0 bridgehead atoms. The molecule has 0 amide bonds. The molecule has 1 heterocycles. The highest BCUT2D eigenvalue weighted by Crippen LogP contribution is 2.15. The molecule has 1 unspecified atom stereocenters. The zero-order valence-corrected chi connectivity index (χ0v) is 8.87. The predicted octanol–water partition coefficient (Wildman–Crippen LogP) is 0.252. The van der Waals surface area contributed by atoms with E-state index in [0.29, 0.717) is 0 Å². The Balaban J connectivity index is 2.21. The fraction of sp³-hybridized carbons (Fsp3) is 1.00. The minimum Gasteiger partial charge on any atom is -0.395 e. The number of hydrogen-bond acceptors (Lipinski definition) is 3. The Morgan fingerprint density at radius 3 is 2.77 bits per heavy atom.